The predicted molar refractivity (Wildman–Crippen MR) is 76.2 cm³/mol. The van der Waals surface area contributed by atoms with E-state index in [1.165, 1.54) is 0 Å². The van der Waals surface area contributed by atoms with Crippen molar-refractivity contribution >= 4 is 11.8 Å². The second kappa shape index (κ2) is 7.19. The number of likely N-dealkylation sites (tertiary alicyclic amines) is 1. The first-order valence-corrected chi connectivity index (χ1v) is 7.10. The molecular formula is C14H22N4O2. The highest BCUT2D eigenvalue weighted by molar-refractivity contribution is 5.72. The van der Waals surface area contributed by atoms with Crippen molar-refractivity contribution in [2.24, 2.45) is 5.92 Å². The molecule has 1 aromatic rings. The first kappa shape index (κ1) is 14.7. The highest BCUT2D eigenvalue weighted by atomic mass is 16.5. The molecular weight excluding hydrogens is 256 g/mol. The molecule has 6 nitrogen and oxygen atoms in total. The van der Waals surface area contributed by atoms with Gasteiger partial charge in [-0.15, -0.1) is 0 Å². The van der Waals surface area contributed by atoms with Crippen molar-refractivity contribution in [3.8, 4) is 0 Å². The van der Waals surface area contributed by atoms with Gasteiger partial charge in [0.05, 0.1) is 30.6 Å². The summed E-state index contributed by atoms with van der Waals surface area (Å²) in [6.07, 6.45) is 5.44. The maximum atomic E-state index is 11.8. The van der Waals surface area contributed by atoms with Crippen molar-refractivity contribution in [2.75, 3.05) is 32.1 Å². The minimum Gasteiger partial charge on any atom is -0.466 e. The summed E-state index contributed by atoms with van der Waals surface area (Å²) in [5.41, 5.74) is 0.925. The largest absolute Gasteiger partial charge is 0.466 e. The molecule has 1 N–H and O–H groups in total. The van der Waals surface area contributed by atoms with Crippen molar-refractivity contribution in [2.45, 2.75) is 26.3 Å². The van der Waals surface area contributed by atoms with Gasteiger partial charge < -0.3 is 10.1 Å². The lowest BCUT2D eigenvalue weighted by Gasteiger charge is -2.31. The third-order valence-corrected chi connectivity index (χ3v) is 3.47. The molecule has 0 aliphatic carbocycles. The predicted octanol–water partition coefficient (Wildman–Crippen LogP) is 1.29. The summed E-state index contributed by atoms with van der Waals surface area (Å²) in [7, 11) is 1.82. The van der Waals surface area contributed by atoms with Gasteiger partial charge in [-0.1, -0.05) is 0 Å². The van der Waals surface area contributed by atoms with E-state index in [2.05, 4.69) is 20.2 Å². The second-order valence-corrected chi connectivity index (χ2v) is 4.97. The van der Waals surface area contributed by atoms with Crippen LogP contribution in [0.3, 0.4) is 0 Å². The lowest BCUT2D eigenvalue weighted by Crippen LogP contribution is -2.39. The zero-order chi connectivity index (χ0) is 14.4. The summed E-state index contributed by atoms with van der Waals surface area (Å²) in [5.74, 6) is 0.679. The Labute approximate surface area is 119 Å². The first-order valence-electron chi connectivity index (χ1n) is 7.10. The average molecular weight is 278 g/mol. The molecule has 2 rings (SSSR count). The summed E-state index contributed by atoms with van der Waals surface area (Å²) in [4.78, 5) is 22.7. The Morgan fingerprint density at radius 2 is 2.35 bits per heavy atom. The van der Waals surface area contributed by atoms with Crippen molar-refractivity contribution < 1.29 is 9.53 Å². The standard InChI is InChI=1S/C14H22N4O2/c1-3-20-14(19)11-5-4-6-18(9-11)10-12-7-17-13(15-2)8-16-12/h7-8,11H,3-6,9-10H2,1-2H3,(H,15,17). The van der Waals surface area contributed by atoms with Gasteiger partial charge in [0.25, 0.3) is 0 Å². The molecule has 1 aromatic heterocycles. The maximum Gasteiger partial charge on any atom is 0.310 e. The molecule has 0 spiro atoms. The Morgan fingerprint density at radius 1 is 1.50 bits per heavy atom. The number of anilines is 1. The van der Waals surface area contributed by atoms with Crippen molar-refractivity contribution in [1.29, 1.82) is 0 Å². The monoisotopic (exact) mass is 278 g/mol. The molecule has 6 heteroatoms. The van der Waals surface area contributed by atoms with E-state index in [4.69, 9.17) is 4.74 Å². The molecule has 0 radical (unpaired) electrons. The van der Waals surface area contributed by atoms with Gasteiger partial charge in [-0.2, -0.15) is 0 Å². The van der Waals surface area contributed by atoms with Crippen LogP contribution in [0.15, 0.2) is 12.4 Å². The van der Waals surface area contributed by atoms with Crippen molar-refractivity contribution in [1.82, 2.24) is 14.9 Å². The third-order valence-electron chi connectivity index (χ3n) is 3.47. The van der Waals surface area contributed by atoms with Gasteiger partial charge in [0.1, 0.15) is 5.82 Å². The number of hydrogen-bond acceptors (Lipinski definition) is 6. The van der Waals surface area contributed by atoms with Gasteiger partial charge >= 0.3 is 5.97 Å². The number of hydrogen-bond donors (Lipinski definition) is 1. The average Bonchev–Trinajstić information content (AvgIpc) is 2.48. The molecule has 0 bridgehead atoms. The Morgan fingerprint density at radius 3 is 3.00 bits per heavy atom. The number of nitrogens with zero attached hydrogens (tertiary/aromatic N) is 3. The molecule has 20 heavy (non-hydrogen) atoms. The molecule has 0 saturated carbocycles. The van der Waals surface area contributed by atoms with Crippen LogP contribution in [0, 0.1) is 5.92 Å². The highest BCUT2D eigenvalue weighted by Gasteiger charge is 2.26. The van der Waals surface area contributed by atoms with E-state index in [-0.39, 0.29) is 11.9 Å². The Bertz CT molecular complexity index is 435. The van der Waals surface area contributed by atoms with Crippen LogP contribution in [0.25, 0.3) is 0 Å². The quantitative estimate of drug-likeness (QED) is 0.819. The maximum absolute atomic E-state index is 11.8. The molecule has 1 saturated heterocycles. The van der Waals surface area contributed by atoms with Crippen molar-refractivity contribution in [3.63, 3.8) is 0 Å². The topological polar surface area (TPSA) is 67.3 Å². The summed E-state index contributed by atoms with van der Waals surface area (Å²) < 4.78 is 5.11. The number of ether oxygens (including phenoxy) is 1. The molecule has 1 atom stereocenters. The fourth-order valence-corrected chi connectivity index (χ4v) is 2.45. The van der Waals surface area contributed by atoms with Crippen LogP contribution in [0.5, 0.6) is 0 Å². The van der Waals surface area contributed by atoms with Gasteiger partial charge in [0, 0.05) is 20.1 Å². The zero-order valence-corrected chi connectivity index (χ0v) is 12.1. The second-order valence-electron chi connectivity index (χ2n) is 4.97. The van der Waals surface area contributed by atoms with E-state index in [9.17, 15) is 4.79 Å². The Kier molecular flexibility index (Phi) is 5.29. The molecule has 1 aliphatic rings. The summed E-state index contributed by atoms with van der Waals surface area (Å²) in [5, 5.41) is 2.95. The highest BCUT2D eigenvalue weighted by Crippen LogP contribution is 2.19. The molecule has 110 valence electrons. The van der Waals surface area contributed by atoms with E-state index < -0.39 is 0 Å². The van der Waals surface area contributed by atoms with Gasteiger partial charge in [0.15, 0.2) is 0 Å². The number of nitrogens with one attached hydrogen (secondary N) is 1. The number of esters is 1. The number of piperidine rings is 1. The number of rotatable bonds is 5. The first-order chi connectivity index (χ1) is 9.72. The minimum atomic E-state index is -0.0752. The minimum absolute atomic E-state index is 0.00626. The molecule has 1 aliphatic heterocycles. The fourth-order valence-electron chi connectivity index (χ4n) is 2.45. The third kappa shape index (κ3) is 3.90. The van der Waals surface area contributed by atoms with Crippen molar-refractivity contribution in [3.05, 3.63) is 18.1 Å². The van der Waals surface area contributed by atoms with Crippen LogP contribution in [0.1, 0.15) is 25.5 Å². The van der Waals surface area contributed by atoms with E-state index in [1.54, 1.807) is 12.4 Å². The molecule has 1 unspecified atom stereocenters. The summed E-state index contributed by atoms with van der Waals surface area (Å²) >= 11 is 0. The van der Waals surface area contributed by atoms with Crippen LogP contribution in [0.4, 0.5) is 5.82 Å². The molecule has 0 aromatic carbocycles. The zero-order valence-electron chi connectivity index (χ0n) is 12.1. The van der Waals surface area contributed by atoms with Gasteiger partial charge in [-0.3, -0.25) is 14.7 Å². The SMILES string of the molecule is CCOC(=O)C1CCCN(Cc2cnc(NC)cn2)C1. The lowest BCUT2D eigenvalue weighted by molar-refractivity contribution is -0.150. The summed E-state index contributed by atoms with van der Waals surface area (Å²) in [6.45, 7) is 4.76. The Balaban J connectivity index is 1.90. The van der Waals surface area contributed by atoms with Gasteiger partial charge in [-0.05, 0) is 26.3 Å². The van der Waals surface area contributed by atoms with E-state index in [0.717, 1.165) is 44.0 Å². The molecule has 2 heterocycles. The van der Waals surface area contributed by atoms with Gasteiger partial charge in [-0.25, -0.2) is 4.98 Å². The van der Waals surface area contributed by atoms with Crippen LogP contribution in [-0.2, 0) is 16.1 Å². The normalized spacial score (nSPS) is 19.6. The van der Waals surface area contributed by atoms with Crippen LogP contribution in [-0.4, -0.2) is 47.6 Å². The fraction of sp³-hybridized carbons (Fsp3) is 0.643. The molecule has 1 fully saturated rings. The molecule has 0 amide bonds. The number of aromatic nitrogens is 2. The van der Waals surface area contributed by atoms with Crippen LogP contribution in [0.2, 0.25) is 0 Å². The van der Waals surface area contributed by atoms with Crippen LogP contribution >= 0.6 is 0 Å². The van der Waals surface area contributed by atoms with E-state index in [1.807, 2.05) is 14.0 Å². The van der Waals surface area contributed by atoms with Gasteiger partial charge in [0.2, 0.25) is 0 Å². The number of carbonyl (C=O) groups excluding carboxylic acids is 1. The number of carbonyl (C=O) groups is 1. The van der Waals surface area contributed by atoms with Crippen LogP contribution < -0.4 is 5.32 Å². The van der Waals surface area contributed by atoms with E-state index >= 15 is 0 Å². The van der Waals surface area contributed by atoms with E-state index in [0.29, 0.717) is 6.61 Å². The smallest absolute Gasteiger partial charge is 0.310 e. The lowest BCUT2D eigenvalue weighted by atomic mass is 9.98. The Hall–Kier alpha value is -1.69. The summed E-state index contributed by atoms with van der Waals surface area (Å²) in [6, 6.07) is 0.